The molecule has 0 heterocycles. The van der Waals surface area contributed by atoms with Gasteiger partial charge in [0.15, 0.2) is 0 Å². The molecule has 0 aromatic rings. The van der Waals surface area contributed by atoms with Gasteiger partial charge in [0.1, 0.15) is 0 Å². The second-order valence-corrected chi connectivity index (χ2v) is 1.89. The fourth-order valence-corrected chi connectivity index (χ4v) is 0.760. The van der Waals surface area contributed by atoms with E-state index < -0.39 is 0 Å². The molecule has 1 nitrogen and oxygen atoms in total. The summed E-state index contributed by atoms with van der Waals surface area (Å²) < 4.78 is 5.34. The number of rotatable bonds is 4. The molecule has 0 aliphatic heterocycles. The molecule has 0 amide bonds. The lowest BCUT2D eigenvalue weighted by molar-refractivity contribution is 0.0578. The minimum atomic E-state index is 0.500. The van der Waals surface area contributed by atoms with E-state index in [1.165, 1.54) is 0 Å². The van der Waals surface area contributed by atoms with Gasteiger partial charge in [-0.05, 0) is 19.8 Å². The van der Waals surface area contributed by atoms with Crippen LogP contribution in [0.5, 0.6) is 0 Å². The van der Waals surface area contributed by atoms with Crippen molar-refractivity contribution in [3.8, 4) is 0 Å². The second-order valence-electron chi connectivity index (χ2n) is 1.89. The molecular weight excluding hydrogens is 124 g/mol. The molecule has 0 aromatic carbocycles. The van der Waals surface area contributed by atoms with Crippen LogP contribution in [0.4, 0.5) is 0 Å². The van der Waals surface area contributed by atoms with Crippen molar-refractivity contribution in [3.63, 3.8) is 0 Å². The Labute approximate surface area is 65.8 Å². The summed E-state index contributed by atoms with van der Waals surface area (Å²) in [4.78, 5) is 0. The van der Waals surface area contributed by atoms with Gasteiger partial charge in [0.2, 0.25) is 0 Å². The van der Waals surface area contributed by atoms with Gasteiger partial charge in [0, 0.05) is 6.61 Å². The standard InChI is InChI=1S/C7H16O.C2H6/c1-4-7(5-2)8-6-3;1-2/h7H,4-6H2,1-3H3;1-2H3. The van der Waals surface area contributed by atoms with E-state index in [0.717, 1.165) is 19.4 Å². The Bertz CT molecular complexity index is 40.0. The van der Waals surface area contributed by atoms with E-state index in [4.69, 9.17) is 4.74 Å². The molecule has 0 atom stereocenters. The van der Waals surface area contributed by atoms with Crippen molar-refractivity contribution in [2.45, 2.75) is 53.6 Å². The first-order valence-electron chi connectivity index (χ1n) is 4.46. The van der Waals surface area contributed by atoms with Gasteiger partial charge in [-0.3, -0.25) is 0 Å². The summed E-state index contributed by atoms with van der Waals surface area (Å²) in [6.45, 7) is 11.2. The molecule has 0 spiro atoms. The van der Waals surface area contributed by atoms with E-state index in [-0.39, 0.29) is 0 Å². The van der Waals surface area contributed by atoms with E-state index in [0.29, 0.717) is 6.10 Å². The molecule has 64 valence electrons. The predicted molar refractivity (Wildman–Crippen MR) is 47.3 cm³/mol. The summed E-state index contributed by atoms with van der Waals surface area (Å²) in [6.07, 6.45) is 2.79. The van der Waals surface area contributed by atoms with Crippen molar-refractivity contribution < 1.29 is 4.74 Å². The fourth-order valence-electron chi connectivity index (χ4n) is 0.760. The Morgan fingerprint density at radius 3 is 1.50 bits per heavy atom. The van der Waals surface area contributed by atoms with Crippen LogP contribution in [0.25, 0.3) is 0 Å². The highest BCUT2D eigenvalue weighted by Crippen LogP contribution is 2.00. The molecule has 0 bridgehead atoms. The van der Waals surface area contributed by atoms with Crippen molar-refractivity contribution in [3.05, 3.63) is 0 Å². The fraction of sp³-hybridized carbons (Fsp3) is 1.00. The van der Waals surface area contributed by atoms with E-state index >= 15 is 0 Å². The zero-order chi connectivity index (χ0) is 8.41. The third-order valence-corrected chi connectivity index (χ3v) is 1.31. The molecule has 0 N–H and O–H groups in total. The van der Waals surface area contributed by atoms with Gasteiger partial charge in [0.25, 0.3) is 0 Å². The summed E-state index contributed by atoms with van der Waals surface area (Å²) in [5, 5.41) is 0. The average molecular weight is 146 g/mol. The van der Waals surface area contributed by atoms with E-state index in [1.54, 1.807) is 0 Å². The predicted octanol–water partition coefficient (Wildman–Crippen LogP) is 3.24. The molecule has 0 aliphatic carbocycles. The van der Waals surface area contributed by atoms with Crippen molar-refractivity contribution in [2.75, 3.05) is 6.61 Å². The smallest absolute Gasteiger partial charge is 0.0569 e. The number of hydrogen-bond acceptors (Lipinski definition) is 1. The normalized spacial score (nSPS) is 9.00. The zero-order valence-corrected chi connectivity index (χ0v) is 8.11. The van der Waals surface area contributed by atoms with Gasteiger partial charge < -0.3 is 4.74 Å². The molecule has 0 rings (SSSR count). The quantitative estimate of drug-likeness (QED) is 0.591. The van der Waals surface area contributed by atoms with Crippen LogP contribution < -0.4 is 0 Å². The maximum absolute atomic E-state index is 5.34. The maximum atomic E-state index is 5.34. The van der Waals surface area contributed by atoms with E-state index in [2.05, 4.69) is 13.8 Å². The first-order valence-corrected chi connectivity index (χ1v) is 4.46. The molecule has 0 saturated heterocycles. The lowest BCUT2D eigenvalue weighted by atomic mass is 10.2. The van der Waals surface area contributed by atoms with Crippen LogP contribution in [0.15, 0.2) is 0 Å². The average Bonchev–Trinajstić information content (AvgIpc) is 2.04. The molecule has 10 heavy (non-hydrogen) atoms. The summed E-state index contributed by atoms with van der Waals surface area (Å²) >= 11 is 0. The summed E-state index contributed by atoms with van der Waals surface area (Å²) in [7, 11) is 0. The highest BCUT2D eigenvalue weighted by Gasteiger charge is 1.98. The largest absolute Gasteiger partial charge is 0.379 e. The first kappa shape index (κ1) is 12.6. The number of ether oxygens (including phenoxy) is 1. The lowest BCUT2D eigenvalue weighted by Crippen LogP contribution is -2.08. The van der Waals surface area contributed by atoms with E-state index in [1.807, 2.05) is 20.8 Å². The summed E-state index contributed by atoms with van der Waals surface area (Å²) in [6, 6.07) is 0. The van der Waals surface area contributed by atoms with Crippen LogP contribution in [0, 0.1) is 0 Å². The Morgan fingerprint density at radius 2 is 1.40 bits per heavy atom. The molecule has 0 saturated carbocycles. The lowest BCUT2D eigenvalue weighted by Gasteiger charge is -2.10. The van der Waals surface area contributed by atoms with Crippen LogP contribution >= 0.6 is 0 Å². The third-order valence-electron chi connectivity index (χ3n) is 1.31. The van der Waals surface area contributed by atoms with Crippen molar-refractivity contribution in [1.29, 1.82) is 0 Å². The highest BCUT2D eigenvalue weighted by atomic mass is 16.5. The third kappa shape index (κ3) is 7.96. The van der Waals surface area contributed by atoms with Gasteiger partial charge in [-0.15, -0.1) is 0 Å². The van der Waals surface area contributed by atoms with Crippen molar-refractivity contribution in [2.24, 2.45) is 0 Å². The number of hydrogen-bond donors (Lipinski definition) is 0. The van der Waals surface area contributed by atoms with Crippen LogP contribution in [-0.4, -0.2) is 12.7 Å². The molecule has 0 fully saturated rings. The molecular formula is C9H22O. The van der Waals surface area contributed by atoms with Crippen LogP contribution in [0.3, 0.4) is 0 Å². The van der Waals surface area contributed by atoms with Crippen molar-refractivity contribution >= 4 is 0 Å². The first-order chi connectivity index (χ1) is 4.85. The molecule has 1 heteroatoms. The van der Waals surface area contributed by atoms with Gasteiger partial charge in [-0.2, -0.15) is 0 Å². The zero-order valence-electron chi connectivity index (χ0n) is 8.11. The monoisotopic (exact) mass is 146 g/mol. The maximum Gasteiger partial charge on any atom is 0.0569 e. The van der Waals surface area contributed by atoms with Gasteiger partial charge in [-0.25, -0.2) is 0 Å². The molecule has 0 aliphatic rings. The highest BCUT2D eigenvalue weighted by molar-refractivity contribution is 4.48. The molecule has 0 aromatic heterocycles. The van der Waals surface area contributed by atoms with Gasteiger partial charge in [0.05, 0.1) is 6.10 Å². The second kappa shape index (κ2) is 11.7. The summed E-state index contributed by atoms with van der Waals surface area (Å²) in [5.74, 6) is 0. The van der Waals surface area contributed by atoms with Crippen LogP contribution in [-0.2, 0) is 4.74 Å². The van der Waals surface area contributed by atoms with Gasteiger partial charge in [-0.1, -0.05) is 27.7 Å². The summed E-state index contributed by atoms with van der Waals surface area (Å²) in [5.41, 5.74) is 0. The van der Waals surface area contributed by atoms with Crippen LogP contribution in [0.1, 0.15) is 47.5 Å². The van der Waals surface area contributed by atoms with Gasteiger partial charge >= 0.3 is 0 Å². The molecule has 0 unspecified atom stereocenters. The van der Waals surface area contributed by atoms with E-state index in [9.17, 15) is 0 Å². The SMILES string of the molecule is CC.CCOC(CC)CC. The van der Waals surface area contributed by atoms with Crippen LogP contribution in [0.2, 0.25) is 0 Å². The Kier molecular flexibility index (Phi) is 14.8. The Balaban J connectivity index is 0. The Morgan fingerprint density at radius 1 is 1.00 bits per heavy atom. The minimum absolute atomic E-state index is 0.500. The Hall–Kier alpha value is -0.0400. The topological polar surface area (TPSA) is 9.23 Å². The van der Waals surface area contributed by atoms with Crippen molar-refractivity contribution in [1.82, 2.24) is 0 Å². The molecule has 0 radical (unpaired) electrons. The minimum Gasteiger partial charge on any atom is -0.379 e.